The van der Waals surface area contributed by atoms with Gasteiger partial charge < -0.3 is 15.2 Å². The molecule has 1 aromatic heterocycles. The molecule has 6 nitrogen and oxygen atoms in total. The first-order chi connectivity index (χ1) is 13.8. The number of carbonyl (C=O) groups excluding carboxylic acids is 1. The van der Waals surface area contributed by atoms with Crippen molar-refractivity contribution in [3.05, 3.63) is 29.8 Å². The number of aromatic nitrogens is 2. The van der Waals surface area contributed by atoms with E-state index in [1.54, 1.807) is 0 Å². The van der Waals surface area contributed by atoms with E-state index in [0.29, 0.717) is 18.1 Å². The van der Waals surface area contributed by atoms with Gasteiger partial charge in [-0.2, -0.15) is 0 Å². The number of ether oxygens (including phenoxy) is 1. The molecule has 0 fully saturated rings. The topological polar surface area (TPSA) is 84.3 Å². The number of hydrogen-bond acceptors (Lipinski definition) is 8. The van der Waals surface area contributed by atoms with Gasteiger partial charge in [-0.3, -0.25) is 4.79 Å². The van der Waals surface area contributed by atoms with Gasteiger partial charge in [0, 0.05) is 12.3 Å². The number of thioether (sulfide) groups is 2. The maximum Gasteiger partial charge on any atom is 0.230 e. The lowest BCUT2D eigenvalue weighted by molar-refractivity contribution is -0.118. The molecule has 0 bridgehead atoms. The molecule has 0 spiro atoms. The van der Waals surface area contributed by atoms with E-state index in [1.807, 2.05) is 25.1 Å². The summed E-state index contributed by atoms with van der Waals surface area (Å²) in [5, 5.41) is 21.3. The fourth-order valence-corrected chi connectivity index (χ4v) is 5.15. The zero-order valence-electron chi connectivity index (χ0n) is 17.3. The van der Waals surface area contributed by atoms with Crippen LogP contribution in [0.2, 0.25) is 0 Å². The Hall–Kier alpha value is -1.29. The van der Waals surface area contributed by atoms with Crippen LogP contribution in [0.3, 0.4) is 0 Å². The van der Waals surface area contributed by atoms with Crippen LogP contribution in [0.25, 0.3) is 0 Å². The summed E-state index contributed by atoms with van der Waals surface area (Å²) in [6.45, 7) is 9.35. The van der Waals surface area contributed by atoms with Gasteiger partial charge in [-0.15, -0.1) is 10.2 Å². The van der Waals surface area contributed by atoms with Crippen LogP contribution >= 0.6 is 34.9 Å². The Bertz CT molecular complexity index is 778. The molecule has 2 rings (SSSR count). The van der Waals surface area contributed by atoms with Crippen LogP contribution in [-0.2, 0) is 10.2 Å². The molecule has 1 amide bonds. The summed E-state index contributed by atoms with van der Waals surface area (Å²) in [7, 11) is 0. The summed E-state index contributed by atoms with van der Waals surface area (Å²) >= 11 is 4.25. The van der Waals surface area contributed by atoms with Gasteiger partial charge in [0.05, 0.1) is 11.9 Å². The van der Waals surface area contributed by atoms with Gasteiger partial charge >= 0.3 is 0 Å². The van der Waals surface area contributed by atoms with Crippen molar-refractivity contribution in [1.82, 2.24) is 15.5 Å². The monoisotopic (exact) mass is 455 g/mol. The number of benzene rings is 1. The molecular formula is C20H29N3O3S3. The van der Waals surface area contributed by atoms with Crippen LogP contribution in [-0.4, -0.2) is 52.0 Å². The van der Waals surface area contributed by atoms with E-state index in [2.05, 4.69) is 42.4 Å². The Labute approximate surface area is 185 Å². The number of aliphatic hydroxyl groups excluding tert-OH is 1. The molecule has 0 aliphatic rings. The number of aliphatic hydroxyl groups is 1. The summed E-state index contributed by atoms with van der Waals surface area (Å²) < 4.78 is 7.40. The smallest absolute Gasteiger partial charge is 0.230 e. The van der Waals surface area contributed by atoms with Crippen molar-refractivity contribution in [2.24, 2.45) is 0 Å². The second-order valence-electron chi connectivity index (χ2n) is 7.49. The third-order valence-corrected chi connectivity index (χ3v) is 7.15. The molecule has 0 aliphatic heterocycles. The van der Waals surface area contributed by atoms with Gasteiger partial charge in [0.1, 0.15) is 12.4 Å². The van der Waals surface area contributed by atoms with Crippen molar-refractivity contribution in [2.45, 2.75) is 54.3 Å². The summed E-state index contributed by atoms with van der Waals surface area (Å²) in [6, 6.07) is 7.93. The maximum absolute atomic E-state index is 11.6. The minimum absolute atomic E-state index is 0.00404. The molecule has 1 atom stereocenters. The van der Waals surface area contributed by atoms with Crippen molar-refractivity contribution in [2.75, 3.05) is 24.7 Å². The third-order valence-electron chi connectivity index (χ3n) is 3.81. The molecule has 0 saturated heterocycles. The highest BCUT2D eigenvalue weighted by Gasteiger charge is 2.19. The van der Waals surface area contributed by atoms with Crippen LogP contribution in [0.1, 0.15) is 39.7 Å². The average Bonchev–Trinajstić information content (AvgIpc) is 3.15. The number of nitrogens with one attached hydrogen (secondary N) is 1. The van der Waals surface area contributed by atoms with Gasteiger partial charge in [0.15, 0.2) is 8.68 Å². The number of hydrogen-bond donors (Lipinski definition) is 2. The second-order valence-corrected chi connectivity index (χ2v) is 11.0. The normalized spacial score (nSPS) is 12.6. The lowest BCUT2D eigenvalue weighted by atomic mass is 9.86. The molecule has 1 heterocycles. The number of amides is 1. The van der Waals surface area contributed by atoms with Gasteiger partial charge in [-0.05, 0) is 23.5 Å². The molecule has 29 heavy (non-hydrogen) atoms. The molecule has 1 unspecified atom stereocenters. The first-order valence-electron chi connectivity index (χ1n) is 9.55. The SMILES string of the molecule is CCCNC(=O)CSc1nnc(SCC(O)COc2ccccc2C(C)(C)C)s1. The fourth-order valence-electron chi connectivity index (χ4n) is 2.37. The summed E-state index contributed by atoms with van der Waals surface area (Å²) in [5.41, 5.74) is 1.10. The van der Waals surface area contributed by atoms with E-state index in [0.717, 1.165) is 26.4 Å². The number of rotatable bonds is 11. The van der Waals surface area contributed by atoms with Gasteiger partial charge in [-0.25, -0.2) is 0 Å². The Morgan fingerprint density at radius 1 is 1.24 bits per heavy atom. The van der Waals surface area contributed by atoms with Crippen LogP contribution in [0.15, 0.2) is 32.9 Å². The van der Waals surface area contributed by atoms with Crippen LogP contribution in [0.4, 0.5) is 0 Å². The average molecular weight is 456 g/mol. The summed E-state index contributed by atoms with van der Waals surface area (Å²) in [4.78, 5) is 11.6. The van der Waals surface area contributed by atoms with Gasteiger partial charge in [0.25, 0.3) is 0 Å². The molecule has 0 radical (unpaired) electrons. The van der Waals surface area contributed by atoms with Gasteiger partial charge in [-0.1, -0.05) is 80.8 Å². The van der Waals surface area contributed by atoms with Crippen molar-refractivity contribution >= 4 is 40.8 Å². The Balaban J connectivity index is 1.76. The van der Waals surface area contributed by atoms with E-state index in [9.17, 15) is 9.90 Å². The van der Waals surface area contributed by atoms with E-state index in [1.165, 1.54) is 34.9 Å². The van der Waals surface area contributed by atoms with Crippen LogP contribution in [0, 0.1) is 0 Å². The zero-order chi connectivity index (χ0) is 21.3. The Morgan fingerprint density at radius 3 is 2.62 bits per heavy atom. The lowest BCUT2D eigenvalue weighted by Gasteiger charge is -2.23. The predicted molar refractivity (Wildman–Crippen MR) is 121 cm³/mol. The highest BCUT2D eigenvalue weighted by atomic mass is 32.2. The Morgan fingerprint density at radius 2 is 1.93 bits per heavy atom. The van der Waals surface area contributed by atoms with E-state index in [-0.39, 0.29) is 17.9 Å². The van der Waals surface area contributed by atoms with Crippen molar-refractivity contribution in [3.8, 4) is 5.75 Å². The number of nitrogens with zero attached hydrogens (tertiary/aromatic N) is 2. The highest BCUT2D eigenvalue weighted by Crippen LogP contribution is 2.32. The second kappa shape index (κ2) is 11.8. The third kappa shape index (κ3) is 8.54. The largest absolute Gasteiger partial charge is 0.491 e. The standard InChI is InChI=1S/C20H29N3O3S3/c1-5-10-21-17(25)13-28-19-23-22-18(29-19)27-12-14(24)11-26-16-9-7-6-8-15(16)20(2,3)4/h6-9,14,24H,5,10-13H2,1-4H3,(H,21,25). The molecule has 2 N–H and O–H groups in total. The van der Waals surface area contributed by atoms with Crippen molar-refractivity contribution < 1.29 is 14.6 Å². The number of carbonyl (C=O) groups is 1. The molecule has 0 aliphatic carbocycles. The van der Waals surface area contributed by atoms with Crippen LogP contribution in [0.5, 0.6) is 5.75 Å². The van der Waals surface area contributed by atoms with Crippen molar-refractivity contribution in [1.29, 1.82) is 0 Å². The molecule has 1 aromatic carbocycles. The molecule has 0 saturated carbocycles. The summed E-state index contributed by atoms with van der Waals surface area (Å²) in [6.07, 6.45) is 0.303. The molecule has 2 aromatic rings. The first kappa shape index (κ1) is 24.0. The van der Waals surface area contributed by atoms with E-state index < -0.39 is 6.10 Å². The number of para-hydroxylation sites is 1. The van der Waals surface area contributed by atoms with E-state index >= 15 is 0 Å². The molecule has 160 valence electrons. The maximum atomic E-state index is 11.6. The zero-order valence-corrected chi connectivity index (χ0v) is 19.8. The molecule has 9 heteroatoms. The van der Waals surface area contributed by atoms with Crippen LogP contribution < -0.4 is 10.1 Å². The summed E-state index contributed by atoms with van der Waals surface area (Å²) in [5.74, 6) is 1.61. The fraction of sp³-hybridized carbons (Fsp3) is 0.550. The minimum Gasteiger partial charge on any atom is -0.491 e. The highest BCUT2D eigenvalue weighted by molar-refractivity contribution is 8.03. The van der Waals surface area contributed by atoms with E-state index in [4.69, 9.17) is 4.74 Å². The quantitative estimate of drug-likeness (QED) is 0.496. The predicted octanol–water partition coefficient (Wildman–Crippen LogP) is 3.99. The van der Waals surface area contributed by atoms with Crippen molar-refractivity contribution in [3.63, 3.8) is 0 Å². The minimum atomic E-state index is -0.618. The van der Waals surface area contributed by atoms with Gasteiger partial charge in [0.2, 0.25) is 5.91 Å². The lowest BCUT2D eigenvalue weighted by Crippen LogP contribution is -2.25. The Kier molecular flexibility index (Phi) is 9.74. The molecular weight excluding hydrogens is 426 g/mol. The first-order valence-corrected chi connectivity index (χ1v) is 12.3.